The number of piperazine rings is 1. The van der Waals surface area contributed by atoms with Gasteiger partial charge in [-0.25, -0.2) is 5.01 Å². The fraction of sp³-hybridized carbons (Fsp3) is 0.462. The summed E-state index contributed by atoms with van der Waals surface area (Å²) in [5.74, 6) is 0.0295. The molecule has 0 aromatic heterocycles. The highest BCUT2D eigenvalue weighted by Gasteiger charge is 2.15. The lowest BCUT2D eigenvalue weighted by molar-refractivity contribution is -0.126. The van der Waals surface area contributed by atoms with Crippen LogP contribution < -0.4 is 5.43 Å². The predicted octanol–water partition coefficient (Wildman–Crippen LogP) is 1.16. The minimum absolute atomic E-state index is 0.0295. The number of halogens is 1. The van der Waals surface area contributed by atoms with Crippen molar-refractivity contribution in [1.82, 2.24) is 15.3 Å². The number of nitrogens with zero attached hydrogens (tertiary/aromatic N) is 2. The Morgan fingerprint density at radius 3 is 2.44 bits per heavy atom. The largest absolute Gasteiger partial charge is 0.304 e. The number of carbonyl (C=O) groups is 1. The minimum atomic E-state index is 0.0295. The van der Waals surface area contributed by atoms with E-state index in [-0.39, 0.29) is 5.91 Å². The van der Waals surface area contributed by atoms with Gasteiger partial charge in [0, 0.05) is 31.2 Å². The van der Waals surface area contributed by atoms with Gasteiger partial charge in [-0.05, 0) is 24.7 Å². The van der Waals surface area contributed by atoms with E-state index in [0.29, 0.717) is 11.4 Å². The third-order valence-electron chi connectivity index (χ3n) is 3.06. The number of hydrazine groups is 1. The Balaban J connectivity index is 1.80. The Hall–Kier alpha value is -1.10. The molecular formula is C13H18ClN3O. The second kappa shape index (κ2) is 6.18. The Morgan fingerprint density at radius 2 is 1.83 bits per heavy atom. The molecule has 1 aliphatic heterocycles. The molecule has 1 amide bonds. The van der Waals surface area contributed by atoms with E-state index in [0.717, 1.165) is 31.7 Å². The van der Waals surface area contributed by atoms with Gasteiger partial charge in [-0.15, -0.1) is 0 Å². The van der Waals surface area contributed by atoms with Crippen LogP contribution in [0.5, 0.6) is 0 Å². The highest BCUT2D eigenvalue weighted by atomic mass is 35.5. The molecule has 4 nitrogen and oxygen atoms in total. The van der Waals surface area contributed by atoms with Crippen LogP contribution in [0.1, 0.15) is 5.56 Å². The van der Waals surface area contributed by atoms with Crippen molar-refractivity contribution >= 4 is 17.5 Å². The van der Waals surface area contributed by atoms with E-state index >= 15 is 0 Å². The van der Waals surface area contributed by atoms with Gasteiger partial charge in [-0.1, -0.05) is 23.7 Å². The summed E-state index contributed by atoms with van der Waals surface area (Å²) in [5.41, 5.74) is 3.92. The monoisotopic (exact) mass is 267 g/mol. The van der Waals surface area contributed by atoms with Gasteiger partial charge in [0.05, 0.1) is 6.42 Å². The standard InChI is InChI=1S/C13H18ClN3O/c1-16-6-8-17(9-7-16)15-13(18)10-11-2-4-12(14)5-3-11/h2-5H,6-10H2,1H3,(H,15,18). The van der Waals surface area contributed by atoms with Crippen molar-refractivity contribution in [3.8, 4) is 0 Å². The van der Waals surface area contributed by atoms with Crippen molar-refractivity contribution in [3.05, 3.63) is 34.9 Å². The zero-order chi connectivity index (χ0) is 13.0. The molecule has 1 fully saturated rings. The second-order valence-electron chi connectivity index (χ2n) is 4.63. The number of amides is 1. The number of likely N-dealkylation sites (N-methyl/N-ethyl adjacent to an activating group) is 1. The summed E-state index contributed by atoms with van der Waals surface area (Å²) in [6.07, 6.45) is 0.392. The maximum Gasteiger partial charge on any atom is 0.238 e. The van der Waals surface area contributed by atoms with Crippen LogP contribution in [-0.2, 0) is 11.2 Å². The average Bonchev–Trinajstić information content (AvgIpc) is 2.35. The van der Waals surface area contributed by atoms with E-state index in [9.17, 15) is 4.79 Å². The van der Waals surface area contributed by atoms with Crippen molar-refractivity contribution in [3.63, 3.8) is 0 Å². The lowest BCUT2D eigenvalue weighted by Crippen LogP contribution is -2.52. The Labute approximate surface area is 112 Å². The van der Waals surface area contributed by atoms with Gasteiger partial charge in [0.1, 0.15) is 0 Å². The Bertz CT molecular complexity index is 399. The van der Waals surface area contributed by atoms with Crippen LogP contribution in [-0.4, -0.2) is 49.0 Å². The first-order valence-electron chi connectivity index (χ1n) is 6.11. The van der Waals surface area contributed by atoms with Crippen LogP contribution >= 0.6 is 11.6 Å². The molecule has 2 rings (SSSR count). The SMILES string of the molecule is CN1CCN(NC(=O)Cc2ccc(Cl)cc2)CC1. The van der Waals surface area contributed by atoms with Gasteiger partial charge in [0.2, 0.25) is 5.91 Å². The smallest absolute Gasteiger partial charge is 0.238 e. The van der Waals surface area contributed by atoms with Crippen molar-refractivity contribution in [2.75, 3.05) is 33.2 Å². The fourth-order valence-electron chi connectivity index (χ4n) is 1.92. The average molecular weight is 268 g/mol. The van der Waals surface area contributed by atoms with Crippen molar-refractivity contribution in [2.24, 2.45) is 0 Å². The second-order valence-corrected chi connectivity index (χ2v) is 5.06. The lowest BCUT2D eigenvalue weighted by atomic mass is 10.1. The van der Waals surface area contributed by atoms with E-state index in [1.54, 1.807) is 12.1 Å². The van der Waals surface area contributed by atoms with Crippen LogP contribution in [0, 0.1) is 0 Å². The van der Waals surface area contributed by atoms with Crippen LogP contribution in [0.4, 0.5) is 0 Å². The van der Waals surface area contributed by atoms with Gasteiger partial charge in [0.15, 0.2) is 0 Å². The summed E-state index contributed by atoms with van der Waals surface area (Å²) in [4.78, 5) is 14.1. The molecule has 1 aromatic rings. The van der Waals surface area contributed by atoms with Crippen molar-refractivity contribution in [2.45, 2.75) is 6.42 Å². The first kappa shape index (κ1) is 13.3. The molecule has 0 saturated carbocycles. The normalized spacial score (nSPS) is 17.7. The molecule has 0 aliphatic carbocycles. The number of nitrogens with one attached hydrogen (secondary N) is 1. The number of carbonyl (C=O) groups excluding carboxylic acids is 1. The summed E-state index contributed by atoms with van der Waals surface area (Å²) >= 11 is 5.80. The molecule has 0 bridgehead atoms. The third-order valence-corrected chi connectivity index (χ3v) is 3.32. The molecule has 0 spiro atoms. The maximum atomic E-state index is 11.8. The molecule has 0 radical (unpaired) electrons. The van der Waals surface area contributed by atoms with Gasteiger partial charge in [0.25, 0.3) is 0 Å². The summed E-state index contributed by atoms with van der Waals surface area (Å²) in [6, 6.07) is 7.37. The third kappa shape index (κ3) is 3.98. The molecule has 18 heavy (non-hydrogen) atoms. The maximum absolute atomic E-state index is 11.8. The Kier molecular flexibility index (Phi) is 4.58. The highest BCUT2D eigenvalue weighted by Crippen LogP contribution is 2.09. The molecular weight excluding hydrogens is 250 g/mol. The first-order valence-corrected chi connectivity index (χ1v) is 6.49. The van der Waals surface area contributed by atoms with Crippen LogP contribution in [0.15, 0.2) is 24.3 Å². The van der Waals surface area contributed by atoms with Crippen LogP contribution in [0.2, 0.25) is 5.02 Å². The van der Waals surface area contributed by atoms with E-state index in [1.165, 1.54) is 0 Å². The minimum Gasteiger partial charge on any atom is -0.304 e. The molecule has 1 aliphatic rings. The van der Waals surface area contributed by atoms with E-state index < -0.39 is 0 Å². The summed E-state index contributed by atoms with van der Waals surface area (Å²) in [6.45, 7) is 3.73. The molecule has 1 aromatic carbocycles. The summed E-state index contributed by atoms with van der Waals surface area (Å²) in [7, 11) is 2.09. The van der Waals surface area contributed by atoms with Crippen molar-refractivity contribution in [1.29, 1.82) is 0 Å². The summed E-state index contributed by atoms with van der Waals surface area (Å²) < 4.78 is 0. The zero-order valence-electron chi connectivity index (χ0n) is 10.5. The Morgan fingerprint density at radius 1 is 1.22 bits per heavy atom. The molecule has 0 unspecified atom stereocenters. The molecule has 98 valence electrons. The highest BCUT2D eigenvalue weighted by molar-refractivity contribution is 6.30. The van der Waals surface area contributed by atoms with E-state index in [2.05, 4.69) is 17.4 Å². The van der Waals surface area contributed by atoms with Gasteiger partial charge in [-0.3, -0.25) is 10.2 Å². The lowest BCUT2D eigenvalue weighted by Gasteiger charge is -2.32. The quantitative estimate of drug-likeness (QED) is 0.893. The van der Waals surface area contributed by atoms with E-state index in [4.69, 9.17) is 11.6 Å². The number of rotatable bonds is 3. The zero-order valence-corrected chi connectivity index (χ0v) is 11.3. The summed E-state index contributed by atoms with van der Waals surface area (Å²) in [5, 5.41) is 2.68. The van der Waals surface area contributed by atoms with E-state index in [1.807, 2.05) is 17.1 Å². The topological polar surface area (TPSA) is 35.6 Å². The number of hydrogen-bond acceptors (Lipinski definition) is 3. The first-order chi connectivity index (χ1) is 8.63. The van der Waals surface area contributed by atoms with Crippen LogP contribution in [0.25, 0.3) is 0 Å². The number of benzene rings is 1. The molecule has 1 saturated heterocycles. The van der Waals surface area contributed by atoms with Crippen molar-refractivity contribution < 1.29 is 4.79 Å². The number of hydrogen-bond donors (Lipinski definition) is 1. The fourth-order valence-corrected chi connectivity index (χ4v) is 2.05. The molecule has 0 atom stereocenters. The van der Waals surface area contributed by atoms with Gasteiger partial charge in [-0.2, -0.15) is 0 Å². The molecule has 1 heterocycles. The molecule has 5 heteroatoms. The van der Waals surface area contributed by atoms with Gasteiger partial charge >= 0.3 is 0 Å². The molecule has 1 N–H and O–H groups in total. The van der Waals surface area contributed by atoms with Gasteiger partial charge < -0.3 is 4.90 Å². The van der Waals surface area contributed by atoms with Crippen LogP contribution in [0.3, 0.4) is 0 Å². The predicted molar refractivity (Wildman–Crippen MR) is 72.4 cm³/mol.